The first-order valence-corrected chi connectivity index (χ1v) is 0. The molecular weight excluding hydrogens is 437 g/mol. The summed E-state index contributed by atoms with van der Waals surface area (Å²) in [5, 5.41) is 0. The van der Waals surface area contributed by atoms with E-state index in [1.54, 1.807) is 0 Å². The van der Waals surface area contributed by atoms with Crippen LogP contribution in [0.5, 0.6) is 0 Å². The molecule has 0 N–H and O–H groups in total. The average Bonchev–Trinajstić information content (AvgIpc) is 0. The molecule has 0 aromatic carbocycles. The average molecular weight is 441 g/mol. The molecule has 0 spiro atoms. The van der Waals surface area contributed by atoms with Gasteiger partial charge < -0.3 is 0 Å². The van der Waals surface area contributed by atoms with E-state index in [-0.39, 0.29) is 76.9 Å². The van der Waals surface area contributed by atoms with E-state index in [2.05, 4.69) is 0 Å². The Bertz CT molecular complexity index is 6.00. The topological polar surface area (TPSA) is 0 Å². The van der Waals surface area contributed by atoms with Gasteiger partial charge in [-0.15, -0.1) is 0 Å². The van der Waals surface area contributed by atoms with Crippen LogP contribution in [0.15, 0.2) is 0 Å². The third-order valence-electron chi connectivity index (χ3n) is 0. The summed E-state index contributed by atoms with van der Waals surface area (Å²) in [5.41, 5.74) is 0. The zero-order chi connectivity index (χ0) is 0. The van der Waals surface area contributed by atoms with Crippen molar-refractivity contribution >= 4 is 34.1 Å². The molecule has 4 heteroatoms. The zero-order valence-electron chi connectivity index (χ0n) is 1.83. The van der Waals surface area contributed by atoms with Crippen LogP contribution >= 0.6 is 0 Å². The van der Waals surface area contributed by atoms with Gasteiger partial charge in [0.05, 0.1) is 0 Å². The second kappa shape index (κ2) is 18.0. The molecule has 0 bridgehead atoms. The van der Waals surface area contributed by atoms with E-state index >= 15 is 0 Å². The van der Waals surface area contributed by atoms with Crippen molar-refractivity contribution in [3.8, 4) is 0 Å². The fraction of sp³-hybridized carbons (Fsp3) is 0. The third kappa shape index (κ3) is 8.82. The Morgan fingerprint density at radius 3 is 0.750 bits per heavy atom. The molecule has 0 nitrogen and oxygen atoms in total. The third-order valence-corrected chi connectivity index (χ3v) is 0. The molecule has 0 aliphatic carbocycles. The van der Waals surface area contributed by atoms with Gasteiger partial charge in [0.25, 0.3) is 0 Å². The van der Waals surface area contributed by atoms with Gasteiger partial charge in [-0.25, -0.2) is 0 Å². The standard InChI is InChI=1S/Nb.Re.2H2Se/h;;2*1H2. The van der Waals surface area contributed by atoms with E-state index in [1.165, 1.54) is 0 Å². The monoisotopic (exact) mass is 444 g/mol. The normalized spacial score (nSPS) is 0. The van der Waals surface area contributed by atoms with Gasteiger partial charge in [-0.1, -0.05) is 0 Å². The number of hydrogen-bond acceptors (Lipinski definition) is 0. The minimum absolute atomic E-state index is 0. The molecule has 2 radical (unpaired) electrons. The molecule has 0 unspecified atom stereocenters. The van der Waals surface area contributed by atoms with Gasteiger partial charge in [-0.05, 0) is 0 Å². The number of hydrogen-bond donors (Lipinski definition) is 0. The van der Waals surface area contributed by atoms with Crippen molar-refractivity contribution in [3.63, 3.8) is 0 Å². The molecule has 0 aliphatic rings. The molecule has 0 atom stereocenters. The fourth-order valence-electron chi connectivity index (χ4n) is 0. The van der Waals surface area contributed by atoms with Crippen LogP contribution < -0.4 is 0 Å². The first-order chi connectivity index (χ1) is 0. The quantitative estimate of drug-likeness (QED) is 0.388. The first kappa shape index (κ1) is 32.0. The van der Waals surface area contributed by atoms with Gasteiger partial charge in [0, 0.05) is 42.8 Å². The maximum absolute atomic E-state index is 0. The van der Waals surface area contributed by atoms with Crippen molar-refractivity contribution < 1.29 is 42.8 Å². The molecule has 0 amide bonds. The molecule has 28 valence electrons. The molecule has 0 aliphatic heterocycles. The second-order valence-corrected chi connectivity index (χ2v) is 0. The van der Waals surface area contributed by atoms with Gasteiger partial charge in [0.1, 0.15) is 0 Å². The van der Waals surface area contributed by atoms with Crippen LogP contribution in [0.3, 0.4) is 0 Å². The van der Waals surface area contributed by atoms with Gasteiger partial charge in [-0.2, -0.15) is 0 Å². The van der Waals surface area contributed by atoms with E-state index in [9.17, 15) is 0 Å². The first-order valence-electron chi connectivity index (χ1n) is 0. The summed E-state index contributed by atoms with van der Waals surface area (Å²) < 4.78 is 0. The van der Waals surface area contributed by atoms with Crippen molar-refractivity contribution in [1.29, 1.82) is 0 Å². The van der Waals surface area contributed by atoms with Crippen LogP contribution in [-0.4, -0.2) is 34.1 Å². The zero-order valence-corrected chi connectivity index (χ0v) is 10.9. The van der Waals surface area contributed by atoms with Gasteiger partial charge in [0.2, 0.25) is 0 Å². The van der Waals surface area contributed by atoms with E-state index in [1.807, 2.05) is 0 Å². The van der Waals surface area contributed by atoms with Crippen LogP contribution in [0.2, 0.25) is 0 Å². The summed E-state index contributed by atoms with van der Waals surface area (Å²) in [6, 6.07) is 0. The van der Waals surface area contributed by atoms with Crippen molar-refractivity contribution in [1.82, 2.24) is 0 Å². The van der Waals surface area contributed by atoms with Crippen molar-refractivity contribution in [2.45, 2.75) is 0 Å². The summed E-state index contributed by atoms with van der Waals surface area (Å²) in [4.78, 5) is 0. The molecular formula is H4NbReSe2. The van der Waals surface area contributed by atoms with Crippen molar-refractivity contribution in [3.05, 3.63) is 0 Å². The van der Waals surface area contributed by atoms with Crippen LogP contribution in [0.4, 0.5) is 0 Å². The Kier molecular flexibility index (Phi) is 144. The predicted molar refractivity (Wildman–Crippen MR) is 17.1 cm³/mol. The van der Waals surface area contributed by atoms with E-state index in [0.717, 1.165) is 0 Å². The Balaban J connectivity index is 0. The molecule has 0 heterocycles. The van der Waals surface area contributed by atoms with Crippen LogP contribution in [-0.2, 0) is 42.8 Å². The Morgan fingerprint density at radius 2 is 0.750 bits per heavy atom. The van der Waals surface area contributed by atoms with Crippen molar-refractivity contribution in [2.24, 2.45) is 0 Å². The summed E-state index contributed by atoms with van der Waals surface area (Å²) >= 11 is 0. The summed E-state index contributed by atoms with van der Waals surface area (Å²) in [6.07, 6.45) is 0. The summed E-state index contributed by atoms with van der Waals surface area (Å²) in [5.74, 6) is 0. The molecule has 0 saturated heterocycles. The molecule has 0 saturated carbocycles. The molecule has 0 aromatic heterocycles. The predicted octanol–water partition coefficient (Wildman–Crippen LogP) is -1.84. The van der Waals surface area contributed by atoms with Crippen LogP contribution in [0.1, 0.15) is 0 Å². The van der Waals surface area contributed by atoms with Crippen LogP contribution in [0.25, 0.3) is 0 Å². The number of rotatable bonds is 0. The Morgan fingerprint density at radius 1 is 0.750 bits per heavy atom. The van der Waals surface area contributed by atoms with Gasteiger partial charge >= 0.3 is 34.1 Å². The van der Waals surface area contributed by atoms with E-state index in [4.69, 9.17) is 0 Å². The van der Waals surface area contributed by atoms with Gasteiger partial charge in [0.15, 0.2) is 0 Å². The fourth-order valence-corrected chi connectivity index (χ4v) is 0. The SMILES string of the molecule is [Nb].[Re].[SeH2].[SeH2]. The van der Waals surface area contributed by atoms with Crippen LogP contribution in [0, 0.1) is 0 Å². The van der Waals surface area contributed by atoms with Crippen molar-refractivity contribution in [2.75, 3.05) is 0 Å². The Hall–Kier alpha value is 2.44. The van der Waals surface area contributed by atoms with E-state index in [0.29, 0.717) is 0 Å². The van der Waals surface area contributed by atoms with E-state index < -0.39 is 0 Å². The summed E-state index contributed by atoms with van der Waals surface area (Å²) in [7, 11) is 0. The summed E-state index contributed by atoms with van der Waals surface area (Å²) in [6.45, 7) is 0. The second-order valence-electron chi connectivity index (χ2n) is 0. The minimum atomic E-state index is 0. The molecule has 0 rings (SSSR count). The Labute approximate surface area is 76.0 Å². The van der Waals surface area contributed by atoms with Gasteiger partial charge in [-0.3, -0.25) is 0 Å². The molecule has 0 aromatic rings. The molecule has 0 fully saturated rings. The molecule has 4 heavy (non-hydrogen) atoms. The maximum atomic E-state index is 0.